The summed E-state index contributed by atoms with van der Waals surface area (Å²) in [4.78, 5) is 8.94. The molecule has 0 aliphatic heterocycles. The predicted octanol–water partition coefficient (Wildman–Crippen LogP) is 4.66. The highest BCUT2D eigenvalue weighted by Crippen LogP contribution is 2.36. The second-order valence-electron chi connectivity index (χ2n) is 5.26. The van der Waals surface area contributed by atoms with E-state index >= 15 is 0 Å². The van der Waals surface area contributed by atoms with Gasteiger partial charge in [0.2, 0.25) is 5.71 Å². The van der Waals surface area contributed by atoms with Gasteiger partial charge in [0, 0.05) is 28.2 Å². The van der Waals surface area contributed by atoms with Crippen LogP contribution in [0, 0.1) is 13.8 Å². The van der Waals surface area contributed by atoms with E-state index in [1.54, 1.807) is 6.20 Å². The van der Waals surface area contributed by atoms with Gasteiger partial charge in [-0.3, -0.25) is 4.98 Å². The largest absolute Gasteiger partial charge is 0.437 e. The molecule has 0 unspecified atom stereocenters. The minimum atomic E-state index is 0.691. The van der Waals surface area contributed by atoms with Crippen molar-refractivity contribution < 1.29 is 4.42 Å². The second kappa shape index (κ2) is 4.42. The normalized spacial score (nSPS) is 11.3. The molecule has 0 spiro atoms. The fourth-order valence-corrected chi connectivity index (χ4v) is 2.74. The fraction of sp³-hybridized carbons (Fsp3) is 0.111. The van der Waals surface area contributed by atoms with Crippen LogP contribution in [0.25, 0.3) is 33.3 Å². The molecule has 0 aliphatic carbocycles. The van der Waals surface area contributed by atoms with E-state index in [0.29, 0.717) is 5.71 Å². The molecule has 0 bridgehead atoms. The molecule has 0 N–H and O–H groups in total. The maximum atomic E-state index is 6.05. The van der Waals surface area contributed by atoms with Crippen molar-refractivity contribution in [2.24, 2.45) is 0 Å². The monoisotopic (exact) mass is 274 g/mol. The molecule has 3 nitrogen and oxygen atoms in total. The lowest BCUT2D eigenvalue weighted by Crippen LogP contribution is -1.84. The van der Waals surface area contributed by atoms with Crippen LogP contribution in [0.5, 0.6) is 0 Å². The average molecular weight is 274 g/mol. The van der Waals surface area contributed by atoms with Crippen molar-refractivity contribution >= 4 is 22.1 Å². The average Bonchev–Trinajstić information content (AvgIpc) is 2.87. The molecule has 4 aromatic rings. The zero-order chi connectivity index (χ0) is 14.4. The molecule has 3 aromatic heterocycles. The van der Waals surface area contributed by atoms with Crippen LogP contribution in [-0.4, -0.2) is 9.97 Å². The predicted molar refractivity (Wildman–Crippen MR) is 84.2 cm³/mol. The number of hydrogen-bond donors (Lipinski definition) is 0. The van der Waals surface area contributed by atoms with Crippen molar-refractivity contribution in [1.29, 1.82) is 0 Å². The van der Waals surface area contributed by atoms with Gasteiger partial charge in [-0.15, -0.1) is 0 Å². The van der Waals surface area contributed by atoms with Crippen molar-refractivity contribution in [2.45, 2.75) is 13.8 Å². The molecule has 0 aliphatic rings. The third-order valence-electron chi connectivity index (χ3n) is 3.77. The number of rotatable bonds is 1. The SMILES string of the molecule is Cc1ccc2c(n1)oc1c(-c3ccccn3)ccc(C)c12. The molecule has 0 radical (unpaired) electrons. The number of pyridine rings is 2. The topological polar surface area (TPSA) is 38.9 Å². The number of nitrogens with zero attached hydrogens (tertiary/aromatic N) is 2. The summed E-state index contributed by atoms with van der Waals surface area (Å²) in [5.41, 5.74) is 5.62. The van der Waals surface area contributed by atoms with Gasteiger partial charge in [0.1, 0.15) is 5.58 Å². The number of aromatic nitrogens is 2. The zero-order valence-electron chi connectivity index (χ0n) is 11.9. The van der Waals surface area contributed by atoms with E-state index < -0.39 is 0 Å². The standard InChI is InChI=1S/C18H14N2O/c1-11-6-8-13(15-5-3-4-10-19-15)17-16(11)14-9-7-12(2)20-18(14)21-17/h3-10H,1-2H3. The van der Waals surface area contributed by atoms with Gasteiger partial charge in [-0.25, -0.2) is 4.98 Å². The molecule has 1 aromatic carbocycles. The first-order valence-corrected chi connectivity index (χ1v) is 6.95. The highest BCUT2D eigenvalue weighted by Gasteiger charge is 2.15. The molecule has 0 saturated carbocycles. The summed E-state index contributed by atoms with van der Waals surface area (Å²) in [6, 6.07) is 14.2. The van der Waals surface area contributed by atoms with Crippen LogP contribution in [0.4, 0.5) is 0 Å². The summed E-state index contributed by atoms with van der Waals surface area (Å²) in [7, 11) is 0. The van der Waals surface area contributed by atoms with Gasteiger partial charge in [-0.05, 0) is 49.7 Å². The Morgan fingerprint density at radius 1 is 0.952 bits per heavy atom. The van der Waals surface area contributed by atoms with Crippen molar-refractivity contribution in [2.75, 3.05) is 0 Å². The lowest BCUT2D eigenvalue weighted by Gasteiger charge is -2.03. The summed E-state index contributed by atoms with van der Waals surface area (Å²) in [5, 5.41) is 2.19. The number of furan rings is 1. The molecule has 21 heavy (non-hydrogen) atoms. The Balaban J connectivity index is 2.15. The number of fused-ring (bicyclic) bond motifs is 3. The Morgan fingerprint density at radius 3 is 2.67 bits per heavy atom. The van der Waals surface area contributed by atoms with Crippen LogP contribution in [0.15, 0.2) is 53.1 Å². The maximum Gasteiger partial charge on any atom is 0.227 e. The van der Waals surface area contributed by atoms with E-state index in [-0.39, 0.29) is 0 Å². The minimum absolute atomic E-state index is 0.691. The molecular formula is C18H14N2O. The van der Waals surface area contributed by atoms with Gasteiger partial charge >= 0.3 is 0 Å². The first-order chi connectivity index (χ1) is 10.2. The van der Waals surface area contributed by atoms with E-state index in [1.165, 1.54) is 5.56 Å². The van der Waals surface area contributed by atoms with Crippen LogP contribution in [-0.2, 0) is 0 Å². The molecule has 3 heteroatoms. The van der Waals surface area contributed by atoms with Crippen molar-refractivity contribution in [3.63, 3.8) is 0 Å². The number of aryl methyl sites for hydroxylation is 2. The Kier molecular flexibility index (Phi) is 2.54. The van der Waals surface area contributed by atoms with E-state index in [9.17, 15) is 0 Å². The van der Waals surface area contributed by atoms with Crippen molar-refractivity contribution in [1.82, 2.24) is 9.97 Å². The first-order valence-electron chi connectivity index (χ1n) is 6.95. The van der Waals surface area contributed by atoms with Crippen LogP contribution in [0.1, 0.15) is 11.3 Å². The quantitative estimate of drug-likeness (QED) is 0.506. The number of hydrogen-bond acceptors (Lipinski definition) is 3. The molecule has 102 valence electrons. The van der Waals surface area contributed by atoms with E-state index in [4.69, 9.17) is 4.42 Å². The van der Waals surface area contributed by atoms with Crippen molar-refractivity contribution in [3.05, 3.63) is 59.9 Å². The molecule has 4 rings (SSSR count). The summed E-state index contributed by atoms with van der Waals surface area (Å²) in [6.07, 6.45) is 1.80. The Labute approximate surface area is 122 Å². The Morgan fingerprint density at radius 2 is 1.86 bits per heavy atom. The molecule has 0 atom stereocenters. The highest BCUT2D eigenvalue weighted by atomic mass is 16.3. The summed E-state index contributed by atoms with van der Waals surface area (Å²) < 4.78 is 6.05. The second-order valence-corrected chi connectivity index (χ2v) is 5.26. The van der Waals surface area contributed by atoms with Gasteiger partial charge in [0.25, 0.3) is 0 Å². The van der Waals surface area contributed by atoms with E-state index in [1.807, 2.05) is 31.2 Å². The fourth-order valence-electron chi connectivity index (χ4n) is 2.74. The lowest BCUT2D eigenvalue weighted by molar-refractivity contribution is 0.653. The van der Waals surface area contributed by atoms with Crippen LogP contribution >= 0.6 is 0 Å². The van der Waals surface area contributed by atoms with Crippen LogP contribution < -0.4 is 0 Å². The molecule has 0 saturated heterocycles. The van der Waals surface area contributed by atoms with Gasteiger partial charge < -0.3 is 4.42 Å². The van der Waals surface area contributed by atoms with Crippen molar-refractivity contribution in [3.8, 4) is 11.3 Å². The molecular weight excluding hydrogens is 260 g/mol. The van der Waals surface area contributed by atoms with Crippen LogP contribution in [0.2, 0.25) is 0 Å². The van der Waals surface area contributed by atoms with Gasteiger partial charge in [0.05, 0.1) is 5.69 Å². The van der Waals surface area contributed by atoms with E-state index in [2.05, 4.69) is 35.1 Å². The van der Waals surface area contributed by atoms with Gasteiger partial charge in [-0.1, -0.05) is 12.1 Å². The van der Waals surface area contributed by atoms with Gasteiger partial charge in [-0.2, -0.15) is 0 Å². The summed E-state index contributed by atoms with van der Waals surface area (Å²) >= 11 is 0. The molecule has 0 fully saturated rings. The van der Waals surface area contributed by atoms with Gasteiger partial charge in [0.15, 0.2) is 0 Å². The summed E-state index contributed by atoms with van der Waals surface area (Å²) in [5.74, 6) is 0. The number of benzene rings is 1. The smallest absolute Gasteiger partial charge is 0.227 e. The molecule has 0 amide bonds. The highest BCUT2D eigenvalue weighted by molar-refractivity contribution is 6.09. The Bertz CT molecular complexity index is 955. The van der Waals surface area contributed by atoms with E-state index in [0.717, 1.165) is 33.3 Å². The lowest BCUT2D eigenvalue weighted by atomic mass is 10.0. The maximum absolute atomic E-state index is 6.05. The molecule has 3 heterocycles. The first kappa shape index (κ1) is 12.1. The third-order valence-corrected chi connectivity index (χ3v) is 3.77. The minimum Gasteiger partial charge on any atom is -0.437 e. The van der Waals surface area contributed by atoms with Crippen LogP contribution in [0.3, 0.4) is 0 Å². The third kappa shape index (κ3) is 1.82. The summed E-state index contributed by atoms with van der Waals surface area (Å²) in [6.45, 7) is 4.07. The zero-order valence-corrected chi connectivity index (χ0v) is 11.9. The Hall–Kier alpha value is -2.68.